The summed E-state index contributed by atoms with van der Waals surface area (Å²) >= 11 is 0. The number of aliphatic hydroxyl groups excluding tert-OH is 1. The molecular weight excluding hydrogens is 302 g/mol. The zero-order valence-electron chi connectivity index (χ0n) is 13.5. The van der Waals surface area contributed by atoms with Crippen LogP contribution in [0.2, 0.25) is 0 Å². The predicted octanol–water partition coefficient (Wildman–Crippen LogP) is 2.57. The monoisotopic (exact) mass is 323 g/mol. The van der Waals surface area contributed by atoms with Crippen molar-refractivity contribution in [1.29, 1.82) is 0 Å². The molecule has 1 atom stereocenters. The Morgan fingerprint density at radius 3 is 2.25 bits per heavy atom. The number of hydrogen-bond donors (Lipinski definition) is 2. The number of likely N-dealkylation sites (tertiary alicyclic amines) is 1. The van der Waals surface area contributed by atoms with Gasteiger partial charge in [0, 0.05) is 41.4 Å². The molecule has 0 spiro atoms. The van der Waals surface area contributed by atoms with Crippen molar-refractivity contribution >= 4 is 27.8 Å². The van der Waals surface area contributed by atoms with E-state index in [1.165, 1.54) is 21.8 Å². The van der Waals surface area contributed by atoms with Crippen LogP contribution in [0, 0.1) is 0 Å². The molecule has 0 radical (unpaired) electrons. The molecule has 0 bridgehead atoms. The first kappa shape index (κ1) is 15.0. The Balaban J connectivity index is 1.53. The smallest absolute Gasteiger partial charge is 0.317 e. The zero-order chi connectivity index (χ0) is 16.5. The summed E-state index contributed by atoms with van der Waals surface area (Å²) in [5.74, 6) is 0. The lowest BCUT2D eigenvalue weighted by Crippen LogP contribution is -2.56. The van der Waals surface area contributed by atoms with Crippen molar-refractivity contribution in [3.8, 4) is 0 Å². The zero-order valence-corrected chi connectivity index (χ0v) is 13.5. The SMILES string of the molecule is O=C(NCCn1c2ccccc2c2ccccc21)N1CCC1CO. The van der Waals surface area contributed by atoms with E-state index >= 15 is 0 Å². The second-order valence-corrected chi connectivity index (χ2v) is 6.24. The second-order valence-electron chi connectivity index (χ2n) is 6.24. The lowest BCUT2D eigenvalue weighted by molar-refractivity contribution is 0.0702. The normalized spacial score (nSPS) is 17.2. The van der Waals surface area contributed by atoms with Crippen molar-refractivity contribution in [3.63, 3.8) is 0 Å². The molecule has 3 aromatic rings. The van der Waals surface area contributed by atoms with Crippen LogP contribution in [0.25, 0.3) is 21.8 Å². The summed E-state index contributed by atoms with van der Waals surface area (Å²) in [5.41, 5.74) is 2.37. The summed E-state index contributed by atoms with van der Waals surface area (Å²) in [6.07, 6.45) is 0.886. The number of rotatable bonds is 4. The highest BCUT2D eigenvalue weighted by atomic mass is 16.3. The third-order valence-corrected chi connectivity index (χ3v) is 4.91. The van der Waals surface area contributed by atoms with E-state index in [1.54, 1.807) is 4.90 Å². The van der Waals surface area contributed by atoms with Crippen molar-refractivity contribution < 1.29 is 9.90 Å². The van der Waals surface area contributed by atoms with Crippen LogP contribution >= 0.6 is 0 Å². The number of nitrogens with one attached hydrogen (secondary N) is 1. The van der Waals surface area contributed by atoms with Crippen molar-refractivity contribution in [2.45, 2.75) is 19.0 Å². The van der Waals surface area contributed by atoms with Gasteiger partial charge in [0.2, 0.25) is 0 Å². The summed E-state index contributed by atoms with van der Waals surface area (Å²) < 4.78 is 2.25. The highest BCUT2D eigenvalue weighted by molar-refractivity contribution is 6.07. The summed E-state index contributed by atoms with van der Waals surface area (Å²) in [6.45, 7) is 2.06. The highest BCUT2D eigenvalue weighted by Crippen LogP contribution is 2.28. The van der Waals surface area contributed by atoms with Crippen molar-refractivity contribution in [2.75, 3.05) is 19.7 Å². The van der Waals surface area contributed by atoms with Crippen molar-refractivity contribution in [1.82, 2.24) is 14.8 Å². The molecule has 5 nitrogen and oxygen atoms in total. The Morgan fingerprint density at radius 2 is 1.71 bits per heavy atom. The van der Waals surface area contributed by atoms with Gasteiger partial charge in [0.05, 0.1) is 12.6 Å². The summed E-state index contributed by atoms with van der Waals surface area (Å²) in [5, 5.41) is 14.6. The van der Waals surface area contributed by atoms with Crippen molar-refractivity contribution in [3.05, 3.63) is 48.5 Å². The van der Waals surface area contributed by atoms with Crippen LogP contribution in [0.3, 0.4) is 0 Å². The maximum atomic E-state index is 12.1. The van der Waals surface area contributed by atoms with Crippen molar-refractivity contribution in [2.24, 2.45) is 0 Å². The lowest BCUT2D eigenvalue weighted by Gasteiger charge is -2.39. The first-order chi connectivity index (χ1) is 11.8. The number of aromatic nitrogens is 1. The quantitative estimate of drug-likeness (QED) is 0.775. The molecule has 1 fully saturated rings. The molecule has 2 aromatic carbocycles. The van der Waals surface area contributed by atoms with Gasteiger partial charge >= 0.3 is 6.03 Å². The molecule has 4 rings (SSSR count). The van der Waals surface area contributed by atoms with Gasteiger partial charge in [-0.2, -0.15) is 0 Å². The molecule has 5 heteroatoms. The summed E-state index contributed by atoms with van der Waals surface area (Å²) in [4.78, 5) is 13.8. The van der Waals surface area contributed by atoms with E-state index in [2.05, 4.69) is 46.3 Å². The van der Waals surface area contributed by atoms with Gasteiger partial charge in [-0.25, -0.2) is 4.79 Å². The Bertz CT molecular complexity index is 831. The number of hydrogen-bond acceptors (Lipinski definition) is 2. The number of fused-ring (bicyclic) bond motifs is 3. The molecule has 0 saturated carbocycles. The molecule has 1 aliphatic heterocycles. The molecule has 1 aromatic heterocycles. The minimum Gasteiger partial charge on any atom is -0.394 e. The van der Waals surface area contributed by atoms with Gasteiger partial charge in [-0.05, 0) is 18.6 Å². The first-order valence-electron chi connectivity index (χ1n) is 8.41. The van der Waals surface area contributed by atoms with Gasteiger partial charge < -0.3 is 19.9 Å². The van der Waals surface area contributed by atoms with Gasteiger partial charge in [0.25, 0.3) is 0 Å². The fraction of sp³-hybridized carbons (Fsp3) is 0.316. The molecule has 1 aliphatic rings. The van der Waals surface area contributed by atoms with E-state index in [4.69, 9.17) is 0 Å². The van der Waals surface area contributed by atoms with E-state index in [0.717, 1.165) is 19.5 Å². The fourth-order valence-electron chi connectivity index (χ4n) is 3.52. The Kier molecular flexibility index (Phi) is 3.86. The minimum absolute atomic E-state index is 0.0155. The number of para-hydroxylation sites is 2. The van der Waals surface area contributed by atoms with Crippen LogP contribution in [-0.2, 0) is 6.54 Å². The van der Waals surface area contributed by atoms with E-state index in [1.807, 2.05) is 12.1 Å². The van der Waals surface area contributed by atoms with E-state index in [-0.39, 0.29) is 18.7 Å². The number of nitrogens with zero attached hydrogens (tertiary/aromatic N) is 2. The molecule has 2 N–H and O–H groups in total. The number of carbonyl (C=O) groups excluding carboxylic acids is 1. The highest BCUT2D eigenvalue weighted by Gasteiger charge is 2.31. The molecule has 124 valence electrons. The van der Waals surface area contributed by atoms with Gasteiger partial charge in [-0.15, -0.1) is 0 Å². The van der Waals surface area contributed by atoms with Crippen LogP contribution in [0.4, 0.5) is 4.79 Å². The van der Waals surface area contributed by atoms with Gasteiger partial charge in [-0.3, -0.25) is 0 Å². The number of carbonyl (C=O) groups is 1. The van der Waals surface area contributed by atoms with Crippen LogP contribution in [-0.4, -0.2) is 46.3 Å². The Morgan fingerprint density at radius 1 is 1.08 bits per heavy atom. The van der Waals surface area contributed by atoms with Crippen LogP contribution < -0.4 is 5.32 Å². The fourth-order valence-corrected chi connectivity index (χ4v) is 3.52. The molecule has 24 heavy (non-hydrogen) atoms. The average Bonchev–Trinajstić information content (AvgIpc) is 2.89. The standard InChI is InChI=1S/C19H21N3O2/c23-13-14-9-11-21(14)19(24)20-10-12-22-17-7-3-1-5-15(17)16-6-2-4-8-18(16)22/h1-8,14,23H,9-13H2,(H,20,24). The average molecular weight is 323 g/mol. The Hall–Kier alpha value is -2.53. The van der Waals surface area contributed by atoms with Crippen LogP contribution in [0.15, 0.2) is 48.5 Å². The topological polar surface area (TPSA) is 57.5 Å². The van der Waals surface area contributed by atoms with Gasteiger partial charge in [-0.1, -0.05) is 36.4 Å². The maximum absolute atomic E-state index is 12.1. The molecular formula is C19H21N3O2. The number of benzene rings is 2. The third-order valence-electron chi connectivity index (χ3n) is 4.91. The summed E-state index contributed by atoms with van der Waals surface area (Å²) in [6, 6.07) is 16.6. The maximum Gasteiger partial charge on any atom is 0.317 e. The lowest BCUT2D eigenvalue weighted by atomic mass is 10.1. The third kappa shape index (κ3) is 2.41. The molecule has 0 aliphatic carbocycles. The second kappa shape index (κ2) is 6.17. The van der Waals surface area contributed by atoms with E-state index < -0.39 is 0 Å². The molecule has 1 saturated heterocycles. The number of aliphatic hydroxyl groups is 1. The van der Waals surface area contributed by atoms with Gasteiger partial charge in [0.1, 0.15) is 0 Å². The molecule has 2 heterocycles. The van der Waals surface area contributed by atoms with E-state index in [0.29, 0.717) is 6.54 Å². The summed E-state index contributed by atoms with van der Waals surface area (Å²) in [7, 11) is 0. The molecule has 2 amide bonds. The minimum atomic E-state index is -0.0823. The number of amides is 2. The molecule has 1 unspecified atom stereocenters. The largest absolute Gasteiger partial charge is 0.394 e. The Labute approximate surface area is 140 Å². The van der Waals surface area contributed by atoms with Gasteiger partial charge in [0.15, 0.2) is 0 Å². The first-order valence-corrected chi connectivity index (χ1v) is 8.41. The van der Waals surface area contributed by atoms with Crippen LogP contribution in [0.1, 0.15) is 6.42 Å². The predicted molar refractivity (Wildman–Crippen MR) is 95.0 cm³/mol. The van der Waals surface area contributed by atoms with Crippen LogP contribution in [0.5, 0.6) is 0 Å². The number of urea groups is 1. The van der Waals surface area contributed by atoms with E-state index in [9.17, 15) is 9.90 Å².